The number of hydrogen-bond acceptors (Lipinski definition) is 7. The van der Waals surface area contributed by atoms with Gasteiger partial charge in [0, 0.05) is 23.7 Å². The molecule has 3 N–H and O–H groups in total. The molecule has 0 saturated carbocycles. The van der Waals surface area contributed by atoms with Gasteiger partial charge in [-0.1, -0.05) is 11.6 Å². The summed E-state index contributed by atoms with van der Waals surface area (Å²) in [6, 6.07) is 4.74. The summed E-state index contributed by atoms with van der Waals surface area (Å²) in [5.41, 5.74) is 0.892. The number of methoxy groups -OCH3 is 1. The van der Waals surface area contributed by atoms with Crippen molar-refractivity contribution >= 4 is 62.6 Å². The van der Waals surface area contributed by atoms with Gasteiger partial charge in [-0.2, -0.15) is 0 Å². The lowest BCUT2D eigenvalue weighted by Crippen LogP contribution is -2.53. The molecule has 0 spiro atoms. The number of fused-ring (bicyclic) bond motifs is 2. The summed E-state index contributed by atoms with van der Waals surface area (Å²) in [6.07, 6.45) is 0.420. The van der Waals surface area contributed by atoms with Crippen molar-refractivity contribution in [2.24, 2.45) is 0 Å². The monoisotopic (exact) mass is 573 g/mol. The largest absolute Gasteiger partial charge is 0.494 e. The molecule has 2 aliphatic heterocycles. The molecule has 1 aromatic heterocycles. The number of benzene rings is 2. The molecule has 1 fully saturated rings. The first-order valence-corrected chi connectivity index (χ1v) is 13.3. The number of nitrogens with one attached hydrogen (secondary N) is 3. The molecule has 1 saturated heterocycles. The zero-order valence-electron chi connectivity index (χ0n) is 21.5. The zero-order chi connectivity index (χ0) is 28.2. The molecule has 0 bridgehead atoms. The van der Waals surface area contributed by atoms with E-state index in [0.29, 0.717) is 26.5 Å². The molecule has 2 aliphatic rings. The Labute approximate surface area is 231 Å². The zero-order valence-corrected chi connectivity index (χ0v) is 23.1. The summed E-state index contributed by atoms with van der Waals surface area (Å²) < 4.78 is 20.0. The Bertz CT molecular complexity index is 1560. The van der Waals surface area contributed by atoms with Gasteiger partial charge < -0.3 is 20.3 Å². The van der Waals surface area contributed by atoms with Crippen LogP contribution in [0.25, 0.3) is 10.2 Å². The fourth-order valence-corrected chi connectivity index (χ4v) is 6.26. The van der Waals surface area contributed by atoms with Crippen LogP contribution in [0.2, 0.25) is 5.02 Å². The van der Waals surface area contributed by atoms with Crippen molar-refractivity contribution in [3.8, 4) is 5.75 Å². The first kappa shape index (κ1) is 26.8. The number of piperidine rings is 1. The Balaban J connectivity index is 1.32. The van der Waals surface area contributed by atoms with Crippen molar-refractivity contribution in [2.45, 2.75) is 51.2 Å². The number of ether oxygens (including phenoxy) is 1. The van der Waals surface area contributed by atoms with Gasteiger partial charge in [0.25, 0.3) is 5.91 Å². The number of carbonyl (C=O) groups excluding carboxylic acids is 4. The van der Waals surface area contributed by atoms with Crippen molar-refractivity contribution in [1.29, 1.82) is 0 Å². The summed E-state index contributed by atoms with van der Waals surface area (Å²) in [5, 5.41) is 8.30. The molecular formula is C26H25ClFN5O5S. The smallest absolute Gasteiger partial charge is 0.319 e. The van der Waals surface area contributed by atoms with Crippen molar-refractivity contribution in [3.05, 3.63) is 51.2 Å². The van der Waals surface area contributed by atoms with Gasteiger partial charge in [0.1, 0.15) is 21.6 Å². The molecule has 5 rings (SSSR count). The molecule has 3 aromatic rings. The SMILES string of the molecule is COc1cc2sc(C(C)(C)NC(=O)Nc3ccc4c(c3)[C@H](C)N([C@H]3CCC(=O)NC3=O)C4=O)nc2c(Cl)c1F. The van der Waals surface area contributed by atoms with E-state index in [-0.39, 0.29) is 40.9 Å². The van der Waals surface area contributed by atoms with Gasteiger partial charge in [-0.3, -0.25) is 19.7 Å². The van der Waals surface area contributed by atoms with Crippen molar-refractivity contribution in [1.82, 2.24) is 20.5 Å². The number of rotatable bonds is 5. The van der Waals surface area contributed by atoms with Gasteiger partial charge >= 0.3 is 6.03 Å². The van der Waals surface area contributed by atoms with E-state index in [1.54, 1.807) is 39.0 Å². The van der Waals surface area contributed by atoms with Crippen molar-refractivity contribution in [3.63, 3.8) is 0 Å². The maximum Gasteiger partial charge on any atom is 0.319 e. The fourth-order valence-electron chi connectivity index (χ4n) is 4.90. The number of aromatic nitrogens is 1. The van der Waals surface area contributed by atoms with Crippen LogP contribution in [0, 0.1) is 5.82 Å². The quantitative estimate of drug-likeness (QED) is 0.386. The maximum atomic E-state index is 14.4. The number of urea groups is 1. The molecule has 2 atom stereocenters. The average molecular weight is 574 g/mol. The van der Waals surface area contributed by atoms with Crippen LogP contribution in [0.5, 0.6) is 5.75 Å². The summed E-state index contributed by atoms with van der Waals surface area (Å²) in [7, 11) is 1.35. The van der Waals surface area contributed by atoms with Crippen molar-refractivity contribution in [2.75, 3.05) is 12.4 Å². The molecule has 204 valence electrons. The maximum absolute atomic E-state index is 14.4. The standard InChI is InChI=1S/C26H25ClFN5O5S/c1-11-14-9-12(5-6-13(14)23(36)33(11)15-7-8-18(34)30-22(15)35)29-25(37)32-26(2,3)24-31-21-17(39-24)10-16(38-4)20(28)19(21)27/h5-6,9-11,15H,7-8H2,1-4H3,(H2,29,32,37)(H,30,34,35)/t11-,15-/m0/s1. The molecule has 2 aromatic carbocycles. The van der Waals surface area contributed by atoms with E-state index in [2.05, 4.69) is 20.9 Å². The van der Waals surface area contributed by atoms with Gasteiger partial charge in [-0.25, -0.2) is 14.2 Å². The minimum Gasteiger partial charge on any atom is -0.494 e. The molecule has 3 heterocycles. The summed E-state index contributed by atoms with van der Waals surface area (Å²) in [4.78, 5) is 55.9. The number of nitrogens with zero attached hydrogens (tertiary/aromatic N) is 2. The Morgan fingerprint density at radius 3 is 2.72 bits per heavy atom. The van der Waals surface area contributed by atoms with Crippen molar-refractivity contribution < 1.29 is 28.3 Å². The highest BCUT2D eigenvalue weighted by atomic mass is 35.5. The van der Waals surface area contributed by atoms with E-state index in [1.807, 2.05) is 0 Å². The molecule has 39 heavy (non-hydrogen) atoms. The lowest BCUT2D eigenvalue weighted by Gasteiger charge is -2.32. The van der Waals surface area contributed by atoms with Crippen LogP contribution in [-0.2, 0) is 15.1 Å². The second kappa shape index (κ2) is 9.76. The van der Waals surface area contributed by atoms with E-state index in [4.69, 9.17) is 16.3 Å². The van der Waals surface area contributed by atoms with Crippen LogP contribution in [0.4, 0.5) is 14.9 Å². The number of hydrogen-bond donors (Lipinski definition) is 3. The van der Waals surface area contributed by atoms with Gasteiger partial charge in [0.2, 0.25) is 11.8 Å². The van der Waals surface area contributed by atoms with E-state index in [1.165, 1.54) is 29.4 Å². The molecule has 5 amide bonds. The molecule has 0 aliphatic carbocycles. The molecular weight excluding hydrogens is 549 g/mol. The minimum absolute atomic E-state index is 0.00620. The summed E-state index contributed by atoms with van der Waals surface area (Å²) >= 11 is 7.41. The Hall–Kier alpha value is -3.77. The normalized spacial score (nSPS) is 19.2. The molecule has 0 unspecified atom stereocenters. The van der Waals surface area contributed by atoms with Gasteiger partial charge in [0.15, 0.2) is 11.6 Å². The second-order valence-corrected chi connectivity index (χ2v) is 11.3. The Kier molecular flexibility index (Phi) is 6.71. The molecule has 13 heteroatoms. The van der Waals surface area contributed by atoms with Crippen LogP contribution in [0.1, 0.15) is 60.6 Å². The second-order valence-electron chi connectivity index (χ2n) is 9.93. The van der Waals surface area contributed by atoms with Crippen LogP contribution >= 0.6 is 22.9 Å². The third-order valence-electron chi connectivity index (χ3n) is 6.90. The van der Waals surface area contributed by atoms with Gasteiger partial charge in [0.05, 0.1) is 23.4 Å². The molecule has 0 radical (unpaired) electrons. The number of thiazole rings is 1. The highest BCUT2D eigenvalue weighted by Gasteiger charge is 2.43. The van der Waals surface area contributed by atoms with E-state index in [0.717, 1.165) is 0 Å². The minimum atomic E-state index is -0.941. The Morgan fingerprint density at radius 1 is 1.28 bits per heavy atom. The van der Waals surface area contributed by atoms with Crippen LogP contribution in [0.3, 0.4) is 0 Å². The average Bonchev–Trinajstić information content (AvgIpc) is 3.41. The molecule has 10 nitrogen and oxygen atoms in total. The number of anilines is 1. The first-order valence-electron chi connectivity index (χ1n) is 12.1. The number of halogens is 2. The van der Waals surface area contributed by atoms with E-state index in [9.17, 15) is 23.6 Å². The van der Waals surface area contributed by atoms with Crippen LogP contribution < -0.4 is 20.7 Å². The number of carbonyl (C=O) groups is 4. The van der Waals surface area contributed by atoms with Gasteiger partial charge in [-0.15, -0.1) is 11.3 Å². The first-order chi connectivity index (χ1) is 18.4. The highest BCUT2D eigenvalue weighted by Crippen LogP contribution is 2.40. The van der Waals surface area contributed by atoms with E-state index >= 15 is 0 Å². The highest BCUT2D eigenvalue weighted by molar-refractivity contribution is 7.18. The van der Waals surface area contributed by atoms with Gasteiger partial charge in [-0.05, 0) is 51.0 Å². The lowest BCUT2D eigenvalue weighted by molar-refractivity contribution is -0.137. The lowest BCUT2D eigenvalue weighted by atomic mass is 10.0. The summed E-state index contributed by atoms with van der Waals surface area (Å²) in [6.45, 7) is 5.32. The third-order valence-corrected chi connectivity index (χ3v) is 8.57. The third kappa shape index (κ3) is 4.67. The predicted octanol–water partition coefficient (Wildman–Crippen LogP) is 4.48. The summed E-state index contributed by atoms with van der Waals surface area (Å²) in [5.74, 6) is -1.84. The fraction of sp³-hybridized carbons (Fsp3) is 0.346. The van der Waals surface area contributed by atoms with E-state index < -0.39 is 35.4 Å². The number of amides is 5. The predicted molar refractivity (Wildman–Crippen MR) is 144 cm³/mol. The number of imide groups is 1. The van der Waals surface area contributed by atoms with Crippen LogP contribution in [0.15, 0.2) is 24.3 Å². The topological polar surface area (TPSA) is 130 Å². The van der Waals surface area contributed by atoms with Crippen LogP contribution in [-0.4, -0.2) is 46.8 Å². The Morgan fingerprint density at radius 2 is 2.03 bits per heavy atom.